The molecule has 5 rings (SSSR count). The highest BCUT2D eigenvalue weighted by Gasteiger charge is 2.19. The van der Waals surface area contributed by atoms with Crippen molar-refractivity contribution < 1.29 is 9.18 Å². The van der Waals surface area contributed by atoms with Crippen LogP contribution in [0.1, 0.15) is 12.5 Å². The van der Waals surface area contributed by atoms with Crippen LogP contribution in [0, 0.1) is 5.13 Å². The predicted molar refractivity (Wildman–Crippen MR) is 128 cm³/mol. The maximum absolute atomic E-state index is 13.7. The number of fused-ring (bicyclic) bond motifs is 2. The number of carbonyl (C=O) groups is 1. The average Bonchev–Trinajstić information content (AvgIpc) is 3.33. The number of aromatic nitrogens is 1. The van der Waals surface area contributed by atoms with Gasteiger partial charge in [-0.25, -0.2) is 4.98 Å². The zero-order chi connectivity index (χ0) is 21.4. The molecule has 1 aliphatic rings. The van der Waals surface area contributed by atoms with Crippen LogP contribution >= 0.6 is 22.7 Å². The zero-order valence-electron chi connectivity index (χ0n) is 17.2. The van der Waals surface area contributed by atoms with E-state index >= 15 is 0 Å². The smallest absolute Gasteiger partial charge is 0.223 e. The Morgan fingerprint density at radius 2 is 1.94 bits per heavy atom. The molecule has 1 saturated heterocycles. The van der Waals surface area contributed by atoms with Crippen LogP contribution in [-0.4, -0.2) is 48.5 Å². The Labute approximate surface area is 188 Å². The molecule has 2 aromatic heterocycles. The fourth-order valence-corrected chi connectivity index (χ4v) is 5.82. The van der Waals surface area contributed by atoms with Crippen molar-refractivity contribution in [3.63, 3.8) is 0 Å². The van der Waals surface area contributed by atoms with Gasteiger partial charge >= 0.3 is 0 Å². The molecular formula is C23H23FN4OS2. The number of rotatable bonds is 5. The Hall–Kier alpha value is -2.55. The van der Waals surface area contributed by atoms with Crippen molar-refractivity contribution in [2.75, 3.05) is 42.9 Å². The number of amides is 1. The molecule has 8 heteroatoms. The lowest BCUT2D eigenvalue weighted by atomic mass is 10.1. The minimum atomic E-state index is -0.123. The molecule has 2 aromatic carbocycles. The SMILES string of the molecule is CC(=O)Nc1nc2cc(CCN3CCN(c4cccc5sc(F)cc45)CC3)ccc2s1. The number of nitrogens with one attached hydrogen (secondary N) is 1. The number of nitrogens with zero attached hydrogens (tertiary/aromatic N) is 3. The van der Waals surface area contributed by atoms with E-state index < -0.39 is 0 Å². The Kier molecular flexibility index (Phi) is 5.60. The minimum absolute atomic E-state index is 0.0983. The molecular weight excluding hydrogens is 431 g/mol. The van der Waals surface area contributed by atoms with Gasteiger partial charge in [0.05, 0.1) is 10.2 Å². The highest BCUT2D eigenvalue weighted by molar-refractivity contribution is 7.22. The fourth-order valence-electron chi connectivity index (χ4n) is 4.12. The molecule has 31 heavy (non-hydrogen) atoms. The van der Waals surface area contributed by atoms with E-state index in [4.69, 9.17) is 0 Å². The van der Waals surface area contributed by atoms with Crippen LogP contribution in [0.2, 0.25) is 0 Å². The Morgan fingerprint density at radius 1 is 1.10 bits per heavy atom. The lowest BCUT2D eigenvalue weighted by molar-refractivity contribution is -0.114. The maximum atomic E-state index is 13.7. The number of piperazine rings is 1. The molecule has 160 valence electrons. The van der Waals surface area contributed by atoms with Crippen LogP contribution in [0.3, 0.4) is 0 Å². The molecule has 1 N–H and O–H groups in total. The summed E-state index contributed by atoms with van der Waals surface area (Å²) in [7, 11) is 0. The fraction of sp³-hybridized carbons (Fsp3) is 0.304. The van der Waals surface area contributed by atoms with Crippen molar-refractivity contribution in [2.45, 2.75) is 13.3 Å². The molecule has 0 unspecified atom stereocenters. The molecule has 1 amide bonds. The van der Waals surface area contributed by atoms with Gasteiger partial charge in [0.25, 0.3) is 0 Å². The van der Waals surface area contributed by atoms with E-state index in [1.54, 1.807) is 6.07 Å². The van der Waals surface area contributed by atoms with Gasteiger partial charge in [0.15, 0.2) is 10.3 Å². The van der Waals surface area contributed by atoms with Gasteiger partial charge in [-0.3, -0.25) is 9.69 Å². The Morgan fingerprint density at radius 3 is 2.74 bits per heavy atom. The Bertz CT molecular complexity index is 1240. The number of benzene rings is 2. The summed E-state index contributed by atoms with van der Waals surface area (Å²) in [6, 6.07) is 14.1. The number of thiazole rings is 1. The van der Waals surface area contributed by atoms with Crippen LogP contribution in [0.4, 0.5) is 15.2 Å². The van der Waals surface area contributed by atoms with Crippen LogP contribution in [0.5, 0.6) is 0 Å². The first-order valence-electron chi connectivity index (χ1n) is 10.4. The number of carbonyl (C=O) groups excluding carboxylic acids is 1. The maximum Gasteiger partial charge on any atom is 0.223 e. The normalized spacial score (nSPS) is 15.1. The first-order chi connectivity index (χ1) is 15.0. The topological polar surface area (TPSA) is 48.5 Å². The molecule has 3 heterocycles. The van der Waals surface area contributed by atoms with Gasteiger partial charge in [-0.15, -0.1) is 11.3 Å². The summed E-state index contributed by atoms with van der Waals surface area (Å²) in [6.07, 6.45) is 0.967. The summed E-state index contributed by atoms with van der Waals surface area (Å²) < 4.78 is 15.8. The molecule has 1 aliphatic heterocycles. The number of anilines is 2. The summed E-state index contributed by atoms with van der Waals surface area (Å²) >= 11 is 2.71. The highest BCUT2D eigenvalue weighted by Crippen LogP contribution is 2.33. The summed E-state index contributed by atoms with van der Waals surface area (Å²) in [4.78, 5) is 20.6. The van der Waals surface area contributed by atoms with Crippen LogP contribution in [0.25, 0.3) is 20.3 Å². The summed E-state index contributed by atoms with van der Waals surface area (Å²) in [5.41, 5.74) is 3.33. The van der Waals surface area contributed by atoms with E-state index in [2.05, 4.69) is 44.4 Å². The monoisotopic (exact) mass is 454 g/mol. The Balaban J connectivity index is 1.19. The molecule has 0 aliphatic carbocycles. The second kappa shape index (κ2) is 8.53. The lowest BCUT2D eigenvalue weighted by Crippen LogP contribution is -2.47. The van der Waals surface area contributed by atoms with Crippen molar-refractivity contribution in [3.05, 3.63) is 53.2 Å². The first-order valence-corrected chi connectivity index (χ1v) is 12.0. The van der Waals surface area contributed by atoms with Crippen molar-refractivity contribution in [1.29, 1.82) is 0 Å². The van der Waals surface area contributed by atoms with Gasteiger partial charge in [-0.05, 0) is 42.3 Å². The molecule has 0 spiro atoms. The largest absolute Gasteiger partial charge is 0.368 e. The van der Waals surface area contributed by atoms with E-state index in [0.29, 0.717) is 5.13 Å². The molecule has 1 fully saturated rings. The zero-order valence-corrected chi connectivity index (χ0v) is 18.9. The van der Waals surface area contributed by atoms with Crippen LogP contribution in [-0.2, 0) is 11.2 Å². The van der Waals surface area contributed by atoms with E-state index in [-0.39, 0.29) is 11.0 Å². The molecule has 5 nitrogen and oxygen atoms in total. The molecule has 0 bridgehead atoms. The van der Waals surface area contributed by atoms with Crippen LogP contribution in [0.15, 0.2) is 42.5 Å². The van der Waals surface area contributed by atoms with Crippen molar-refractivity contribution in [2.24, 2.45) is 0 Å². The third-order valence-electron chi connectivity index (χ3n) is 5.67. The van der Waals surface area contributed by atoms with Gasteiger partial charge in [0, 0.05) is 55.4 Å². The minimum Gasteiger partial charge on any atom is -0.368 e. The van der Waals surface area contributed by atoms with Gasteiger partial charge in [-0.2, -0.15) is 4.39 Å². The van der Waals surface area contributed by atoms with E-state index in [1.165, 1.54) is 35.2 Å². The van der Waals surface area contributed by atoms with Gasteiger partial charge in [-0.1, -0.05) is 23.5 Å². The van der Waals surface area contributed by atoms with Gasteiger partial charge < -0.3 is 10.2 Å². The highest BCUT2D eigenvalue weighted by atomic mass is 32.1. The number of hydrogen-bond donors (Lipinski definition) is 1. The third-order valence-corrected chi connectivity index (χ3v) is 7.51. The van der Waals surface area contributed by atoms with E-state index in [9.17, 15) is 9.18 Å². The second-order valence-electron chi connectivity index (χ2n) is 7.82. The summed E-state index contributed by atoms with van der Waals surface area (Å²) in [5.74, 6) is -0.0983. The van der Waals surface area contributed by atoms with E-state index in [0.717, 1.165) is 65.1 Å². The quantitative estimate of drug-likeness (QED) is 0.462. The number of hydrogen-bond acceptors (Lipinski definition) is 6. The van der Waals surface area contributed by atoms with Crippen molar-refractivity contribution >= 4 is 59.7 Å². The third kappa shape index (κ3) is 4.42. The predicted octanol–water partition coefficient (Wildman–Crippen LogP) is 4.97. The number of halogens is 1. The lowest BCUT2D eigenvalue weighted by Gasteiger charge is -2.36. The molecule has 0 atom stereocenters. The average molecular weight is 455 g/mol. The number of thiophene rings is 1. The van der Waals surface area contributed by atoms with Crippen molar-refractivity contribution in [3.8, 4) is 0 Å². The van der Waals surface area contributed by atoms with Crippen molar-refractivity contribution in [1.82, 2.24) is 9.88 Å². The van der Waals surface area contributed by atoms with Crippen LogP contribution < -0.4 is 10.2 Å². The first kappa shape index (κ1) is 20.4. The van der Waals surface area contributed by atoms with Gasteiger partial charge in [0.1, 0.15) is 0 Å². The van der Waals surface area contributed by atoms with E-state index in [1.807, 2.05) is 12.1 Å². The van der Waals surface area contributed by atoms with Gasteiger partial charge in [0.2, 0.25) is 5.91 Å². The molecule has 0 saturated carbocycles. The molecule has 0 radical (unpaired) electrons. The molecule has 4 aromatic rings. The standard InChI is InChI=1S/C23H23FN4OS2/c1-15(29)25-23-26-18-13-16(5-6-21(18)31-23)7-8-27-9-11-28(12-10-27)19-3-2-4-20-17(19)14-22(24)30-20/h2-6,13-14H,7-12H2,1H3,(H,25,26,29). The summed E-state index contributed by atoms with van der Waals surface area (Å²) in [5, 5.41) is 4.31. The second-order valence-corrected chi connectivity index (χ2v) is 9.89. The summed E-state index contributed by atoms with van der Waals surface area (Å²) in [6.45, 7) is 6.38.